The third-order valence-corrected chi connectivity index (χ3v) is 3.18. The Bertz CT molecular complexity index is 177. The molecule has 2 nitrogen and oxygen atoms in total. The highest BCUT2D eigenvalue weighted by Crippen LogP contribution is 2.44. The molecule has 0 atom stereocenters. The van der Waals surface area contributed by atoms with Crippen LogP contribution >= 0.6 is 0 Å². The number of aliphatic hydroxyl groups excluding tert-OH is 2. The molecule has 0 unspecified atom stereocenters. The van der Waals surface area contributed by atoms with E-state index in [1.54, 1.807) is 0 Å². The normalized spacial score (nSPS) is 23.8. The molecule has 1 fully saturated rings. The van der Waals surface area contributed by atoms with Gasteiger partial charge in [-0.3, -0.25) is 0 Å². The summed E-state index contributed by atoms with van der Waals surface area (Å²) in [7, 11) is 0. The third-order valence-electron chi connectivity index (χ3n) is 3.18. The molecule has 0 aromatic carbocycles. The van der Waals surface area contributed by atoms with Crippen molar-refractivity contribution in [3.05, 3.63) is 0 Å². The molecule has 14 heavy (non-hydrogen) atoms. The van der Waals surface area contributed by atoms with Gasteiger partial charge >= 0.3 is 6.18 Å². The van der Waals surface area contributed by atoms with E-state index in [1.807, 2.05) is 0 Å². The van der Waals surface area contributed by atoms with Crippen molar-refractivity contribution in [2.24, 2.45) is 11.3 Å². The summed E-state index contributed by atoms with van der Waals surface area (Å²) in [5.74, 6) is -1.26. The van der Waals surface area contributed by atoms with Crippen LogP contribution in [0.25, 0.3) is 0 Å². The molecule has 2 N–H and O–H groups in total. The van der Waals surface area contributed by atoms with E-state index >= 15 is 0 Å². The van der Waals surface area contributed by atoms with E-state index in [-0.39, 0.29) is 38.9 Å². The zero-order chi connectivity index (χ0) is 10.8. The van der Waals surface area contributed by atoms with Crippen molar-refractivity contribution in [1.82, 2.24) is 0 Å². The van der Waals surface area contributed by atoms with Crippen LogP contribution in [-0.2, 0) is 0 Å². The van der Waals surface area contributed by atoms with Crippen LogP contribution < -0.4 is 0 Å². The van der Waals surface area contributed by atoms with Crippen LogP contribution in [0.5, 0.6) is 0 Å². The lowest BCUT2D eigenvalue weighted by Gasteiger charge is -2.37. The molecule has 0 aliphatic heterocycles. The monoisotopic (exact) mass is 212 g/mol. The van der Waals surface area contributed by atoms with E-state index in [0.29, 0.717) is 0 Å². The molecule has 5 heteroatoms. The van der Waals surface area contributed by atoms with Crippen LogP contribution in [-0.4, -0.2) is 29.6 Å². The lowest BCUT2D eigenvalue weighted by atomic mass is 9.71. The van der Waals surface area contributed by atoms with Gasteiger partial charge in [0.15, 0.2) is 0 Å². The van der Waals surface area contributed by atoms with Crippen LogP contribution in [0.15, 0.2) is 0 Å². The molecule has 0 aromatic heterocycles. The number of hydrogen-bond acceptors (Lipinski definition) is 2. The predicted molar refractivity (Wildman–Crippen MR) is 44.6 cm³/mol. The molecular formula is C9H15F3O2. The summed E-state index contributed by atoms with van der Waals surface area (Å²) < 4.78 is 36.8. The molecule has 1 aliphatic carbocycles. The minimum Gasteiger partial charge on any atom is -0.396 e. The van der Waals surface area contributed by atoms with Gasteiger partial charge in [-0.25, -0.2) is 0 Å². The summed E-state index contributed by atoms with van der Waals surface area (Å²) in [6.07, 6.45) is -3.58. The average molecular weight is 212 g/mol. The van der Waals surface area contributed by atoms with Gasteiger partial charge in [0.25, 0.3) is 0 Å². The largest absolute Gasteiger partial charge is 0.396 e. The number of rotatable bonds is 2. The van der Waals surface area contributed by atoms with Gasteiger partial charge in [0.1, 0.15) is 0 Å². The maximum Gasteiger partial charge on any atom is 0.391 e. The molecule has 0 amide bonds. The quantitative estimate of drug-likeness (QED) is 0.731. The first-order valence-electron chi connectivity index (χ1n) is 4.72. The Morgan fingerprint density at radius 1 is 1.07 bits per heavy atom. The average Bonchev–Trinajstić information content (AvgIpc) is 2.16. The molecule has 0 radical (unpaired) electrons. The third kappa shape index (κ3) is 2.39. The van der Waals surface area contributed by atoms with Crippen molar-refractivity contribution in [2.75, 3.05) is 13.2 Å². The van der Waals surface area contributed by atoms with Crippen LogP contribution in [0.3, 0.4) is 0 Å². The molecule has 0 heterocycles. The van der Waals surface area contributed by atoms with Crippen LogP contribution in [0.4, 0.5) is 13.2 Å². The Balaban J connectivity index is 2.53. The fourth-order valence-electron chi connectivity index (χ4n) is 1.92. The molecule has 1 saturated carbocycles. The zero-order valence-electron chi connectivity index (χ0n) is 7.85. The van der Waals surface area contributed by atoms with E-state index in [1.165, 1.54) is 0 Å². The Morgan fingerprint density at radius 3 is 1.79 bits per heavy atom. The zero-order valence-corrected chi connectivity index (χ0v) is 7.85. The lowest BCUT2D eigenvalue weighted by Crippen LogP contribution is -2.38. The molecule has 0 aromatic rings. The second-order valence-corrected chi connectivity index (χ2v) is 4.13. The lowest BCUT2D eigenvalue weighted by molar-refractivity contribution is -0.190. The number of hydrogen-bond donors (Lipinski definition) is 2. The first-order chi connectivity index (χ1) is 6.43. The minimum atomic E-state index is -4.13. The Morgan fingerprint density at radius 2 is 1.50 bits per heavy atom. The summed E-state index contributed by atoms with van der Waals surface area (Å²) in [6.45, 7) is -0.456. The fourth-order valence-corrected chi connectivity index (χ4v) is 1.92. The molecule has 84 valence electrons. The highest BCUT2D eigenvalue weighted by atomic mass is 19.4. The summed E-state index contributed by atoms with van der Waals surface area (Å²) in [4.78, 5) is 0. The Labute approximate surface area is 80.7 Å². The van der Waals surface area contributed by atoms with E-state index in [2.05, 4.69) is 0 Å². The maximum atomic E-state index is 12.3. The molecule has 0 saturated heterocycles. The summed E-state index contributed by atoms with van der Waals surface area (Å²) >= 11 is 0. The van der Waals surface area contributed by atoms with Crippen molar-refractivity contribution in [1.29, 1.82) is 0 Å². The smallest absolute Gasteiger partial charge is 0.391 e. The van der Waals surface area contributed by atoms with Crippen LogP contribution in [0.2, 0.25) is 0 Å². The van der Waals surface area contributed by atoms with E-state index in [9.17, 15) is 13.2 Å². The van der Waals surface area contributed by atoms with Gasteiger partial charge in [0.05, 0.1) is 19.1 Å². The van der Waals surface area contributed by atoms with Gasteiger partial charge in [0, 0.05) is 5.41 Å². The van der Waals surface area contributed by atoms with E-state index < -0.39 is 17.5 Å². The highest BCUT2D eigenvalue weighted by Gasteiger charge is 2.45. The van der Waals surface area contributed by atoms with Crippen LogP contribution in [0.1, 0.15) is 25.7 Å². The van der Waals surface area contributed by atoms with Gasteiger partial charge in [-0.2, -0.15) is 13.2 Å². The second-order valence-electron chi connectivity index (χ2n) is 4.13. The van der Waals surface area contributed by atoms with Crippen LogP contribution in [0, 0.1) is 11.3 Å². The molecular weight excluding hydrogens is 197 g/mol. The van der Waals surface area contributed by atoms with Gasteiger partial charge in [0.2, 0.25) is 0 Å². The van der Waals surface area contributed by atoms with Gasteiger partial charge in [-0.05, 0) is 25.7 Å². The number of aliphatic hydroxyl groups is 2. The Kier molecular flexibility index (Phi) is 3.42. The van der Waals surface area contributed by atoms with Crippen molar-refractivity contribution < 1.29 is 23.4 Å². The van der Waals surface area contributed by atoms with Crippen molar-refractivity contribution in [3.8, 4) is 0 Å². The van der Waals surface area contributed by atoms with Gasteiger partial charge in [-0.1, -0.05) is 0 Å². The van der Waals surface area contributed by atoms with Crippen molar-refractivity contribution in [2.45, 2.75) is 31.9 Å². The first-order valence-corrected chi connectivity index (χ1v) is 4.72. The molecule has 0 spiro atoms. The minimum absolute atomic E-state index is 0.0185. The van der Waals surface area contributed by atoms with E-state index in [4.69, 9.17) is 10.2 Å². The van der Waals surface area contributed by atoms with E-state index in [0.717, 1.165) is 0 Å². The standard InChI is InChI=1S/C9H15F3O2/c10-9(11,12)7-1-3-8(5-13,6-14)4-2-7/h7,13-14H,1-6H2. The second kappa shape index (κ2) is 4.06. The van der Waals surface area contributed by atoms with Crippen molar-refractivity contribution >= 4 is 0 Å². The van der Waals surface area contributed by atoms with Gasteiger partial charge < -0.3 is 10.2 Å². The number of halogens is 3. The summed E-state index contributed by atoms with van der Waals surface area (Å²) in [5, 5.41) is 18.0. The first kappa shape index (κ1) is 11.8. The summed E-state index contributed by atoms with van der Waals surface area (Å²) in [6, 6.07) is 0. The number of alkyl halides is 3. The molecule has 1 rings (SSSR count). The topological polar surface area (TPSA) is 40.5 Å². The summed E-state index contributed by atoms with van der Waals surface area (Å²) in [5.41, 5.74) is -0.679. The van der Waals surface area contributed by atoms with Gasteiger partial charge in [-0.15, -0.1) is 0 Å². The Hall–Kier alpha value is -0.290. The maximum absolute atomic E-state index is 12.3. The highest BCUT2D eigenvalue weighted by molar-refractivity contribution is 4.86. The molecule has 0 bridgehead atoms. The molecule has 1 aliphatic rings. The van der Waals surface area contributed by atoms with Crippen molar-refractivity contribution in [3.63, 3.8) is 0 Å². The predicted octanol–water partition coefficient (Wildman–Crippen LogP) is 1.71. The fraction of sp³-hybridized carbons (Fsp3) is 1.00. The SMILES string of the molecule is OCC1(CO)CCC(C(F)(F)F)CC1.